The van der Waals surface area contributed by atoms with Crippen LogP contribution < -0.4 is 5.32 Å². The van der Waals surface area contributed by atoms with E-state index in [1.807, 2.05) is 18.2 Å². The van der Waals surface area contributed by atoms with Gasteiger partial charge >= 0.3 is 0 Å². The summed E-state index contributed by atoms with van der Waals surface area (Å²) in [5.74, 6) is 0. The Labute approximate surface area is 111 Å². The Bertz CT molecular complexity index is 441. The molecule has 2 rings (SSSR count). The molecule has 0 aromatic carbocycles. The fourth-order valence-corrected chi connectivity index (χ4v) is 2.98. The Hall–Kier alpha value is -0.490. The zero-order valence-corrected chi connectivity index (χ0v) is 11.4. The molecule has 0 bridgehead atoms. The van der Waals surface area contributed by atoms with E-state index in [1.165, 1.54) is 4.88 Å². The normalized spacial score (nSPS) is 10.6. The van der Waals surface area contributed by atoms with Gasteiger partial charge in [-0.3, -0.25) is 0 Å². The van der Waals surface area contributed by atoms with Gasteiger partial charge in [0.25, 0.3) is 0 Å². The highest BCUT2D eigenvalue weighted by Crippen LogP contribution is 2.31. The van der Waals surface area contributed by atoms with Gasteiger partial charge in [-0.15, -0.1) is 11.3 Å². The zero-order chi connectivity index (χ0) is 11.4. The summed E-state index contributed by atoms with van der Waals surface area (Å²) in [6.45, 7) is 1.49. The van der Waals surface area contributed by atoms with Crippen molar-refractivity contribution in [3.05, 3.63) is 43.8 Å². The van der Waals surface area contributed by atoms with Crippen molar-refractivity contribution < 1.29 is 0 Å². The summed E-state index contributed by atoms with van der Waals surface area (Å²) in [5.41, 5.74) is 0.934. The molecule has 2 aromatic rings. The number of aromatic nitrogens is 2. The molecule has 0 saturated carbocycles. The van der Waals surface area contributed by atoms with Gasteiger partial charge in [0, 0.05) is 28.6 Å². The van der Waals surface area contributed by atoms with Crippen molar-refractivity contribution in [1.29, 1.82) is 0 Å². The van der Waals surface area contributed by atoms with Crippen molar-refractivity contribution in [3.8, 4) is 0 Å². The summed E-state index contributed by atoms with van der Waals surface area (Å²) >= 11 is 10.9. The monoisotopic (exact) mass is 317 g/mol. The number of hydrogen-bond acceptors (Lipinski definition) is 4. The summed E-state index contributed by atoms with van der Waals surface area (Å²) < 4.78 is 1.74. The zero-order valence-electron chi connectivity index (χ0n) is 8.28. The lowest BCUT2D eigenvalue weighted by Crippen LogP contribution is -2.12. The lowest BCUT2D eigenvalue weighted by atomic mass is 10.4. The van der Waals surface area contributed by atoms with Crippen LogP contribution in [0.15, 0.2) is 28.9 Å². The van der Waals surface area contributed by atoms with Crippen LogP contribution in [0.2, 0.25) is 4.34 Å². The van der Waals surface area contributed by atoms with Gasteiger partial charge in [0.2, 0.25) is 0 Å². The molecule has 0 radical (unpaired) electrons. The molecular weight excluding hydrogens is 310 g/mol. The van der Waals surface area contributed by atoms with Crippen LogP contribution >= 0.6 is 38.9 Å². The Morgan fingerprint density at radius 1 is 1.44 bits per heavy atom. The Kier molecular flexibility index (Phi) is 4.29. The molecule has 0 aliphatic heterocycles. The number of rotatable bonds is 4. The Balaban J connectivity index is 1.84. The molecule has 16 heavy (non-hydrogen) atoms. The molecule has 2 aromatic heterocycles. The summed E-state index contributed by atoms with van der Waals surface area (Å²) in [4.78, 5) is 1.20. The van der Waals surface area contributed by atoms with E-state index in [2.05, 4.69) is 31.4 Å². The second-order valence-electron chi connectivity index (χ2n) is 3.15. The second kappa shape index (κ2) is 5.72. The first-order valence-electron chi connectivity index (χ1n) is 4.66. The van der Waals surface area contributed by atoms with Gasteiger partial charge in [-0.25, -0.2) is 0 Å². The fourth-order valence-electron chi connectivity index (χ4n) is 1.22. The number of thiophene rings is 1. The highest BCUT2D eigenvalue weighted by atomic mass is 79.9. The van der Waals surface area contributed by atoms with Crippen molar-refractivity contribution in [2.75, 3.05) is 0 Å². The molecular formula is C10H9BrClN3S. The maximum Gasteiger partial charge on any atom is 0.107 e. The minimum absolute atomic E-state index is 0.709. The van der Waals surface area contributed by atoms with E-state index < -0.39 is 0 Å². The van der Waals surface area contributed by atoms with Crippen LogP contribution in [0, 0.1) is 0 Å². The summed E-state index contributed by atoms with van der Waals surface area (Å²) in [5, 5.41) is 11.1. The largest absolute Gasteiger partial charge is 0.306 e. The third kappa shape index (κ3) is 3.25. The van der Waals surface area contributed by atoms with Gasteiger partial charge in [-0.2, -0.15) is 10.2 Å². The first-order chi connectivity index (χ1) is 7.75. The van der Waals surface area contributed by atoms with E-state index in [0.29, 0.717) is 6.54 Å². The predicted molar refractivity (Wildman–Crippen MR) is 69.6 cm³/mol. The van der Waals surface area contributed by atoms with Crippen molar-refractivity contribution in [1.82, 2.24) is 15.5 Å². The molecule has 0 unspecified atom stereocenters. The molecule has 0 aliphatic rings. The molecule has 0 amide bonds. The highest BCUT2D eigenvalue weighted by molar-refractivity contribution is 9.10. The molecule has 1 N–H and O–H groups in total. The number of hydrogen-bond donors (Lipinski definition) is 1. The molecule has 6 heteroatoms. The predicted octanol–water partition coefficient (Wildman–Crippen LogP) is 3.24. The fraction of sp³-hybridized carbons (Fsp3) is 0.200. The molecule has 84 valence electrons. The Morgan fingerprint density at radius 2 is 2.31 bits per heavy atom. The van der Waals surface area contributed by atoms with Crippen LogP contribution in [-0.2, 0) is 13.1 Å². The van der Waals surface area contributed by atoms with Gasteiger partial charge < -0.3 is 5.32 Å². The van der Waals surface area contributed by atoms with E-state index in [0.717, 1.165) is 21.0 Å². The highest BCUT2D eigenvalue weighted by Gasteiger charge is 2.03. The van der Waals surface area contributed by atoms with E-state index in [-0.39, 0.29) is 0 Å². The van der Waals surface area contributed by atoms with Crippen molar-refractivity contribution in [2.24, 2.45) is 0 Å². The minimum Gasteiger partial charge on any atom is -0.306 e. The van der Waals surface area contributed by atoms with Gasteiger partial charge in [0.1, 0.15) is 4.34 Å². The van der Waals surface area contributed by atoms with Crippen LogP contribution in [0.1, 0.15) is 10.6 Å². The van der Waals surface area contributed by atoms with Crippen LogP contribution in [-0.4, -0.2) is 10.2 Å². The van der Waals surface area contributed by atoms with E-state index in [4.69, 9.17) is 11.6 Å². The molecule has 3 nitrogen and oxygen atoms in total. The van der Waals surface area contributed by atoms with Gasteiger partial charge in [-0.05, 0) is 34.1 Å². The van der Waals surface area contributed by atoms with Crippen molar-refractivity contribution in [3.63, 3.8) is 0 Å². The van der Waals surface area contributed by atoms with Crippen LogP contribution in [0.4, 0.5) is 0 Å². The third-order valence-corrected chi connectivity index (χ3v) is 4.40. The van der Waals surface area contributed by atoms with Gasteiger partial charge in [0.05, 0.1) is 5.69 Å². The summed E-state index contributed by atoms with van der Waals surface area (Å²) in [7, 11) is 0. The molecule has 0 aliphatic carbocycles. The van der Waals surface area contributed by atoms with Gasteiger partial charge in [-0.1, -0.05) is 11.6 Å². The molecule has 2 heterocycles. The smallest absolute Gasteiger partial charge is 0.107 e. The lowest BCUT2D eigenvalue weighted by molar-refractivity contribution is 0.676. The number of halogens is 2. The third-order valence-electron chi connectivity index (χ3n) is 1.93. The quantitative estimate of drug-likeness (QED) is 0.940. The topological polar surface area (TPSA) is 37.8 Å². The minimum atomic E-state index is 0.709. The standard InChI is InChI=1S/C10H9BrClN3S/c11-9-4-8(16-10(9)12)6-13-5-7-2-1-3-14-15-7/h1-4,13H,5-6H2. The lowest BCUT2D eigenvalue weighted by Gasteiger charge is -2.00. The van der Waals surface area contributed by atoms with Gasteiger partial charge in [0.15, 0.2) is 0 Å². The van der Waals surface area contributed by atoms with Crippen molar-refractivity contribution in [2.45, 2.75) is 13.1 Å². The maximum absolute atomic E-state index is 5.95. The van der Waals surface area contributed by atoms with Crippen LogP contribution in [0.25, 0.3) is 0 Å². The number of nitrogens with zero attached hydrogens (tertiary/aromatic N) is 2. The second-order valence-corrected chi connectivity index (χ2v) is 5.75. The van der Waals surface area contributed by atoms with Crippen molar-refractivity contribution >= 4 is 38.9 Å². The first-order valence-corrected chi connectivity index (χ1v) is 6.65. The molecule has 0 saturated heterocycles. The number of nitrogens with one attached hydrogen (secondary N) is 1. The van der Waals surface area contributed by atoms with Crippen LogP contribution in [0.5, 0.6) is 0 Å². The van der Waals surface area contributed by atoms with E-state index in [1.54, 1.807) is 17.5 Å². The summed E-state index contributed by atoms with van der Waals surface area (Å²) in [6.07, 6.45) is 1.67. The molecule has 0 spiro atoms. The average molecular weight is 319 g/mol. The molecule has 0 atom stereocenters. The first kappa shape index (κ1) is 12.0. The Morgan fingerprint density at radius 3 is 2.94 bits per heavy atom. The molecule has 0 fully saturated rings. The van der Waals surface area contributed by atoms with Crippen LogP contribution in [0.3, 0.4) is 0 Å². The van der Waals surface area contributed by atoms with E-state index in [9.17, 15) is 0 Å². The SMILES string of the molecule is Clc1sc(CNCc2cccnn2)cc1Br. The maximum atomic E-state index is 5.95. The van der Waals surface area contributed by atoms with E-state index >= 15 is 0 Å². The summed E-state index contributed by atoms with van der Waals surface area (Å²) in [6, 6.07) is 5.84. The average Bonchev–Trinajstić information content (AvgIpc) is 2.60.